The summed E-state index contributed by atoms with van der Waals surface area (Å²) in [7, 11) is -1.30. The molecule has 0 amide bonds. The molecule has 0 aliphatic rings. The average Bonchev–Trinajstić information content (AvgIpc) is 3.11. The SMILES string of the molecule is O=C(O)Oc1ccc2nc(-c3ccc(S(=O)c4ccc(Cl)cc4)cc3)[nH]c2c1. The van der Waals surface area contributed by atoms with Gasteiger partial charge in [0.1, 0.15) is 11.6 Å². The van der Waals surface area contributed by atoms with Crippen molar-refractivity contribution >= 4 is 39.6 Å². The Bertz CT molecular complexity index is 1190. The van der Waals surface area contributed by atoms with Crippen LogP contribution in [0.15, 0.2) is 76.5 Å². The summed E-state index contributed by atoms with van der Waals surface area (Å²) < 4.78 is 17.3. The molecule has 0 aliphatic carbocycles. The Labute approximate surface area is 167 Å². The van der Waals surface area contributed by atoms with Crippen LogP contribution in [0.1, 0.15) is 0 Å². The van der Waals surface area contributed by atoms with Crippen LogP contribution in [0.5, 0.6) is 5.75 Å². The summed E-state index contributed by atoms with van der Waals surface area (Å²) in [6.45, 7) is 0. The maximum absolute atomic E-state index is 12.7. The molecule has 0 spiro atoms. The average molecular weight is 413 g/mol. The summed E-state index contributed by atoms with van der Waals surface area (Å²) in [6.07, 6.45) is -1.37. The predicted molar refractivity (Wildman–Crippen MR) is 106 cm³/mol. The number of imidazole rings is 1. The molecular weight excluding hydrogens is 400 g/mol. The van der Waals surface area contributed by atoms with Crippen molar-refractivity contribution in [1.29, 1.82) is 0 Å². The molecule has 0 saturated heterocycles. The van der Waals surface area contributed by atoms with Crippen LogP contribution in [-0.4, -0.2) is 25.4 Å². The molecule has 6 nitrogen and oxygen atoms in total. The number of nitrogens with one attached hydrogen (secondary N) is 1. The summed E-state index contributed by atoms with van der Waals surface area (Å²) >= 11 is 5.87. The Morgan fingerprint density at radius 2 is 1.64 bits per heavy atom. The van der Waals surface area contributed by atoms with Gasteiger partial charge >= 0.3 is 6.16 Å². The second kappa shape index (κ2) is 7.46. The number of aromatic nitrogens is 2. The van der Waals surface area contributed by atoms with Crippen LogP contribution in [0.25, 0.3) is 22.4 Å². The lowest BCUT2D eigenvalue weighted by Gasteiger charge is -2.04. The van der Waals surface area contributed by atoms with Crippen LogP contribution in [0.4, 0.5) is 4.79 Å². The fraction of sp³-hybridized carbons (Fsp3) is 0. The van der Waals surface area contributed by atoms with Gasteiger partial charge in [0.05, 0.1) is 21.8 Å². The maximum Gasteiger partial charge on any atom is 0.511 e. The van der Waals surface area contributed by atoms with Crippen molar-refractivity contribution in [2.24, 2.45) is 0 Å². The standard InChI is InChI=1S/C20H13ClN2O4S/c21-13-3-8-16(9-4-13)28(26)15-6-1-12(2-7-15)19-22-17-10-5-14(27-20(24)25)11-18(17)23-19/h1-11H,(H,22,23)(H,24,25). The minimum absolute atomic E-state index is 0.212. The second-order valence-electron chi connectivity index (χ2n) is 5.88. The van der Waals surface area contributed by atoms with Gasteiger partial charge in [-0.1, -0.05) is 23.7 Å². The number of benzene rings is 3. The fourth-order valence-corrected chi connectivity index (χ4v) is 3.89. The first kappa shape index (κ1) is 18.2. The third-order valence-electron chi connectivity index (χ3n) is 4.03. The number of carbonyl (C=O) groups is 1. The van der Waals surface area contributed by atoms with Crippen molar-refractivity contribution in [2.45, 2.75) is 9.79 Å². The molecule has 8 heteroatoms. The molecule has 0 aliphatic heterocycles. The highest BCUT2D eigenvalue weighted by Crippen LogP contribution is 2.26. The zero-order chi connectivity index (χ0) is 19.7. The van der Waals surface area contributed by atoms with Crippen molar-refractivity contribution < 1.29 is 18.8 Å². The first-order valence-electron chi connectivity index (χ1n) is 8.18. The van der Waals surface area contributed by atoms with E-state index in [2.05, 4.69) is 14.7 Å². The minimum Gasteiger partial charge on any atom is -0.449 e. The van der Waals surface area contributed by atoms with Crippen LogP contribution in [0.2, 0.25) is 5.02 Å². The van der Waals surface area contributed by atoms with Crippen molar-refractivity contribution in [3.05, 3.63) is 71.8 Å². The number of ether oxygens (including phenoxy) is 1. The van der Waals surface area contributed by atoms with Gasteiger partial charge in [-0.15, -0.1) is 0 Å². The molecule has 1 aromatic heterocycles. The fourth-order valence-electron chi connectivity index (χ4n) is 2.72. The van der Waals surface area contributed by atoms with Crippen LogP contribution >= 0.6 is 11.6 Å². The molecule has 0 fully saturated rings. The van der Waals surface area contributed by atoms with Gasteiger partial charge in [-0.2, -0.15) is 0 Å². The highest BCUT2D eigenvalue weighted by molar-refractivity contribution is 7.85. The summed E-state index contributed by atoms with van der Waals surface area (Å²) in [5.74, 6) is 0.829. The molecular formula is C20H13ClN2O4S. The summed E-state index contributed by atoms with van der Waals surface area (Å²) in [5, 5.41) is 9.30. The van der Waals surface area contributed by atoms with E-state index < -0.39 is 17.0 Å². The topological polar surface area (TPSA) is 92.3 Å². The third kappa shape index (κ3) is 3.76. The molecule has 1 heterocycles. The predicted octanol–water partition coefficient (Wildman–Crippen LogP) is 5.11. The molecule has 0 radical (unpaired) electrons. The van der Waals surface area contributed by atoms with E-state index in [-0.39, 0.29) is 5.75 Å². The van der Waals surface area contributed by atoms with E-state index in [1.54, 1.807) is 54.6 Å². The highest BCUT2D eigenvalue weighted by atomic mass is 35.5. The van der Waals surface area contributed by atoms with Gasteiger partial charge in [0.25, 0.3) is 0 Å². The van der Waals surface area contributed by atoms with E-state index in [1.165, 1.54) is 0 Å². The number of hydrogen-bond acceptors (Lipinski definition) is 4. The minimum atomic E-state index is -1.37. The van der Waals surface area contributed by atoms with Crippen molar-refractivity contribution in [3.8, 4) is 17.1 Å². The van der Waals surface area contributed by atoms with Gasteiger partial charge < -0.3 is 14.8 Å². The Morgan fingerprint density at radius 1 is 1.00 bits per heavy atom. The number of nitrogens with zero attached hydrogens (tertiary/aromatic N) is 1. The van der Waals surface area contributed by atoms with E-state index in [0.717, 1.165) is 5.56 Å². The second-order valence-corrected chi connectivity index (χ2v) is 7.80. The molecule has 4 rings (SSSR count). The Kier molecular flexibility index (Phi) is 4.85. The van der Waals surface area contributed by atoms with Gasteiger partial charge in [-0.3, -0.25) is 0 Å². The molecule has 0 saturated carbocycles. The summed E-state index contributed by atoms with van der Waals surface area (Å²) in [4.78, 5) is 19.6. The van der Waals surface area contributed by atoms with E-state index >= 15 is 0 Å². The molecule has 140 valence electrons. The van der Waals surface area contributed by atoms with Gasteiger partial charge in [-0.25, -0.2) is 14.0 Å². The lowest BCUT2D eigenvalue weighted by molar-refractivity contribution is 0.144. The lowest BCUT2D eigenvalue weighted by atomic mass is 10.2. The number of hydrogen-bond donors (Lipinski definition) is 2. The van der Waals surface area contributed by atoms with Gasteiger partial charge in [-0.05, 0) is 48.5 Å². The number of aromatic amines is 1. The molecule has 0 bridgehead atoms. The van der Waals surface area contributed by atoms with Gasteiger partial charge in [0, 0.05) is 26.4 Å². The number of rotatable bonds is 4. The van der Waals surface area contributed by atoms with Crippen molar-refractivity contribution in [2.75, 3.05) is 0 Å². The van der Waals surface area contributed by atoms with Crippen LogP contribution in [-0.2, 0) is 10.8 Å². The van der Waals surface area contributed by atoms with Crippen LogP contribution in [0, 0.1) is 0 Å². The summed E-state index contributed by atoms with van der Waals surface area (Å²) in [6, 6.07) is 18.9. The van der Waals surface area contributed by atoms with Crippen LogP contribution in [0.3, 0.4) is 0 Å². The van der Waals surface area contributed by atoms with E-state index in [0.29, 0.717) is 31.7 Å². The van der Waals surface area contributed by atoms with Crippen molar-refractivity contribution in [1.82, 2.24) is 9.97 Å². The highest BCUT2D eigenvalue weighted by Gasteiger charge is 2.11. The molecule has 1 unspecified atom stereocenters. The molecule has 3 aromatic carbocycles. The van der Waals surface area contributed by atoms with E-state index in [1.807, 2.05) is 12.1 Å². The van der Waals surface area contributed by atoms with Gasteiger partial charge in [0.2, 0.25) is 0 Å². The molecule has 2 N–H and O–H groups in total. The number of H-pyrrole nitrogens is 1. The number of fused-ring (bicyclic) bond motifs is 1. The summed E-state index contributed by atoms with van der Waals surface area (Å²) in [5.41, 5.74) is 2.15. The smallest absolute Gasteiger partial charge is 0.449 e. The monoisotopic (exact) mass is 412 g/mol. The zero-order valence-corrected chi connectivity index (χ0v) is 15.8. The Morgan fingerprint density at radius 3 is 2.29 bits per heavy atom. The quantitative estimate of drug-likeness (QED) is 0.359. The Hall–Kier alpha value is -3.16. The molecule has 4 aromatic rings. The first-order chi connectivity index (χ1) is 13.5. The van der Waals surface area contributed by atoms with Crippen LogP contribution < -0.4 is 4.74 Å². The number of halogens is 1. The molecule has 28 heavy (non-hydrogen) atoms. The zero-order valence-electron chi connectivity index (χ0n) is 14.3. The molecule has 1 atom stereocenters. The largest absolute Gasteiger partial charge is 0.511 e. The first-order valence-corrected chi connectivity index (χ1v) is 9.71. The van der Waals surface area contributed by atoms with E-state index in [4.69, 9.17) is 16.7 Å². The van der Waals surface area contributed by atoms with Crippen molar-refractivity contribution in [3.63, 3.8) is 0 Å². The Balaban J connectivity index is 1.60. The normalized spacial score (nSPS) is 12.0. The number of carboxylic acid groups (broad SMARTS) is 1. The third-order valence-corrected chi connectivity index (χ3v) is 5.68. The lowest BCUT2D eigenvalue weighted by Crippen LogP contribution is -2.02. The van der Waals surface area contributed by atoms with Gasteiger partial charge in [0.15, 0.2) is 0 Å². The maximum atomic E-state index is 12.7. The van der Waals surface area contributed by atoms with E-state index in [9.17, 15) is 9.00 Å².